The maximum atomic E-state index is 12.5. The third-order valence-electron chi connectivity index (χ3n) is 6.73. The van der Waals surface area contributed by atoms with E-state index in [1.54, 1.807) is 6.92 Å². The van der Waals surface area contributed by atoms with Gasteiger partial charge in [-0.3, -0.25) is 9.69 Å². The third kappa shape index (κ3) is 5.76. The Morgan fingerprint density at radius 1 is 1.28 bits per heavy atom. The second-order valence-corrected chi connectivity index (χ2v) is 9.19. The summed E-state index contributed by atoms with van der Waals surface area (Å²) in [5.74, 6) is 1.30. The van der Waals surface area contributed by atoms with Crippen molar-refractivity contribution in [2.45, 2.75) is 70.9 Å². The Morgan fingerprint density at radius 3 is 3.03 bits per heavy atom. The Balaban J connectivity index is 1.21. The van der Waals surface area contributed by atoms with Crippen molar-refractivity contribution in [3.8, 4) is 0 Å². The molecule has 1 saturated heterocycles. The summed E-state index contributed by atoms with van der Waals surface area (Å²) in [7, 11) is 0. The van der Waals surface area contributed by atoms with Gasteiger partial charge in [-0.15, -0.1) is 0 Å². The zero-order chi connectivity index (χ0) is 22.3. The Morgan fingerprint density at radius 2 is 2.19 bits per heavy atom. The molecule has 1 aromatic heterocycles. The number of fused-ring (bicyclic) bond motifs is 1. The highest BCUT2D eigenvalue weighted by molar-refractivity contribution is 5.83. The lowest BCUT2D eigenvalue weighted by atomic mass is 9.99. The first-order valence-corrected chi connectivity index (χ1v) is 12.3. The number of rotatable bonds is 10. The van der Waals surface area contributed by atoms with E-state index in [0.29, 0.717) is 0 Å². The van der Waals surface area contributed by atoms with Crippen molar-refractivity contribution in [3.63, 3.8) is 0 Å². The number of ether oxygens (including phenoxy) is 1. The van der Waals surface area contributed by atoms with Gasteiger partial charge in [0.25, 0.3) is 0 Å². The minimum Gasteiger partial charge on any atom is -0.377 e. The zero-order valence-electron chi connectivity index (χ0n) is 19.6. The molecule has 0 saturated carbocycles. The molecule has 0 amide bonds. The highest BCUT2D eigenvalue weighted by Gasteiger charge is 2.32. The number of nitrogens with one attached hydrogen (secondary N) is 1. The predicted octanol–water partition coefficient (Wildman–Crippen LogP) is 4.75. The molecule has 0 spiro atoms. The van der Waals surface area contributed by atoms with Gasteiger partial charge in [0, 0.05) is 31.9 Å². The molecular formula is C27H37N3O2. The topological polar surface area (TPSA) is 54.5 Å². The molecule has 32 heavy (non-hydrogen) atoms. The third-order valence-corrected chi connectivity index (χ3v) is 6.73. The molecular weight excluding hydrogens is 398 g/mol. The fourth-order valence-electron chi connectivity index (χ4n) is 4.98. The summed E-state index contributed by atoms with van der Waals surface area (Å²) in [5, 5.41) is 3.42. The van der Waals surface area contributed by atoms with E-state index in [-0.39, 0.29) is 17.9 Å². The number of likely N-dealkylation sites (tertiary alicyclic amines) is 1. The molecule has 5 heteroatoms. The summed E-state index contributed by atoms with van der Waals surface area (Å²) in [6.07, 6.45) is 7.65. The van der Waals surface area contributed by atoms with Crippen LogP contribution in [0.2, 0.25) is 0 Å². The lowest BCUT2D eigenvalue weighted by Crippen LogP contribution is -2.32. The average Bonchev–Trinajstić information content (AvgIpc) is 3.27. The molecule has 0 aliphatic carbocycles. The fourth-order valence-corrected chi connectivity index (χ4v) is 4.98. The van der Waals surface area contributed by atoms with E-state index < -0.39 is 0 Å². The first kappa shape index (κ1) is 22.9. The van der Waals surface area contributed by atoms with Crippen molar-refractivity contribution < 1.29 is 9.53 Å². The monoisotopic (exact) mass is 435 g/mol. The van der Waals surface area contributed by atoms with Crippen LogP contribution in [0, 0.1) is 0 Å². The standard InChI is InChI=1S/C27H37N3O2/c1-3-21-8-6-9-23(18-21)26(20(2)31)30-16-14-25(19-30)32-17-5-4-11-24-13-12-22-10-7-15-28-27(22)29-24/h6,8-9,12-13,18,25-26H,3-5,7,10-11,14-17,19H2,1-2H3,(H,28,29)/t25-,26-/m1/s1. The maximum absolute atomic E-state index is 12.5. The first-order valence-electron chi connectivity index (χ1n) is 12.3. The van der Waals surface area contributed by atoms with Crippen LogP contribution in [0.15, 0.2) is 36.4 Å². The molecule has 2 aliphatic rings. The number of aromatic nitrogens is 1. The van der Waals surface area contributed by atoms with E-state index >= 15 is 0 Å². The van der Waals surface area contributed by atoms with E-state index in [4.69, 9.17) is 9.72 Å². The highest BCUT2D eigenvalue weighted by Crippen LogP contribution is 2.28. The van der Waals surface area contributed by atoms with Gasteiger partial charge in [0.1, 0.15) is 5.82 Å². The summed E-state index contributed by atoms with van der Waals surface area (Å²) in [6.45, 7) is 7.42. The number of hydrogen-bond donors (Lipinski definition) is 1. The number of anilines is 1. The van der Waals surface area contributed by atoms with Crippen molar-refractivity contribution in [1.29, 1.82) is 0 Å². The minimum atomic E-state index is -0.154. The summed E-state index contributed by atoms with van der Waals surface area (Å²) in [6, 6.07) is 12.7. The van der Waals surface area contributed by atoms with Crippen LogP contribution in [0.4, 0.5) is 5.82 Å². The number of carbonyl (C=O) groups is 1. The van der Waals surface area contributed by atoms with Gasteiger partial charge < -0.3 is 10.1 Å². The van der Waals surface area contributed by atoms with Gasteiger partial charge in [-0.1, -0.05) is 37.3 Å². The lowest BCUT2D eigenvalue weighted by molar-refractivity contribution is -0.122. The Kier molecular flexibility index (Phi) is 7.93. The number of pyridine rings is 1. The van der Waals surface area contributed by atoms with Crippen LogP contribution in [0.3, 0.4) is 0 Å². The van der Waals surface area contributed by atoms with Gasteiger partial charge in [0.15, 0.2) is 5.78 Å². The van der Waals surface area contributed by atoms with E-state index in [1.807, 2.05) is 0 Å². The number of hydrogen-bond acceptors (Lipinski definition) is 5. The van der Waals surface area contributed by atoms with Gasteiger partial charge >= 0.3 is 0 Å². The summed E-state index contributed by atoms with van der Waals surface area (Å²) < 4.78 is 6.19. The fraction of sp³-hybridized carbons (Fsp3) is 0.556. The van der Waals surface area contributed by atoms with E-state index in [9.17, 15) is 4.79 Å². The van der Waals surface area contributed by atoms with E-state index in [0.717, 1.165) is 76.1 Å². The van der Waals surface area contributed by atoms with Gasteiger partial charge in [0.2, 0.25) is 0 Å². The van der Waals surface area contributed by atoms with Crippen molar-refractivity contribution >= 4 is 11.6 Å². The van der Waals surface area contributed by atoms with Crippen molar-refractivity contribution in [1.82, 2.24) is 9.88 Å². The van der Waals surface area contributed by atoms with Gasteiger partial charge in [-0.25, -0.2) is 4.98 Å². The lowest BCUT2D eigenvalue weighted by Gasteiger charge is -2.26. The molecule has 1 N–H and O–H groups in total. The number of carbonyl (C=O) groups excluding carboxylic acids is 1. The van der Waals surface area contributed by atoms with Crippen LogP contribution in [0.1, 0.15) is 68.0 Å². The number of nitrogens with zero attached hydrogens (tertiary/aromatic N) is 2. The van der Waals surface area contributed by atoms with Crippen LogP contribution in [-0.4, -0.2) is 48.0 Å². The van der Waals surface area contributed by atoms with Gasteiger partial charge in [0.05, 0.1) is 12.1 Å². The van der Waals surface area contributed by atoms with Gasteiger partial charge in [-0.2, -0.15) is 0 Å². The van der Waals surface area contributed by atoms with Crippen molar-refractivity contribution in [3.05, 3.63) is 58.8 Å². The van der Waals surface area contributed by atoms with Crippen LogP contribution < -0.4 is 5.32 Å². The molecule has 5 nitrogen and oxygen atoms in total. The summed E-state index contributed by atoms with van der Waals surface area (Å²) >= 11 is 0. The molecule has 0 radical (unpaired) electrons. The normalized spacial score (nSPS) is 19.4. The first-order chi connectivity index (χ1) is 15.6. The Labute approximate surface area is 192 Å². The second kappa shape index (κ2) is 11.1. The van der Waals surface area contributed by atoms with E-state index in [2.05, 4.69) is 53.5 Å². The number of aryl methyl sites for hydroxylation is 3. The number of benzene rings is 1. The second-order valence-electron chi connectivity index (χ2n) is 9.19. The largest absolute Gasteiger partial charge is 0.377 e. The van der Waals surface area contributed by atoms with Crippen LogP contribution in [0.5, 0.6) is 0 Å². The van der Waals surface area contributed by atoms with Crippen molar-refractivity contribution in [2.24, 2.45) is 0 Å². The molecule has 0 bridgehead atoms. The van der Waals surface area contributed by atoms with Crippen LogP contribution in [-0.2, 0) is 28.8 Å². The molecule has 1 fully saturated rings. The zero-order valence-corrected chi connectivity index (χ0v) is 19.6. The SMILES string of the molecule is CCc1cccc([C@@H](C(C)=O)N2CC[C@@H](OCCCCc3ccc4c(n3)NCCC4)C2)c1. The number of unbranched alkanes of at least 4 members (excludes halogenated alkanes) is 1. The molecule has 2 aromatic rings. The molecule has 0 unspecified atom stereocenters. The molecule has 1 aromatic carbocycles. The van der Waals surface area contributed by atoms with Crippen LogP contribution in [0.25, 0.3) is 0 Å². The summed E-state index contributed by atoms with van der Waals surface area (Å²) in [4.78, 5) is 19.6. The minimum absolute atomic E-state index is 0.154. The quantitative estimate of drug-likeness (QED) is 0.546. The Hall–Kier alpha value is -2.24. The molecule has 2 atom stereocenters. The molecule has 172 valence electrons. The smallest absolute Gasteiger partial charge is 0.151 e. The average molecular weight is 436 g/mol. The van der Waals surface area contributed by atoms with Crippen molar-refractivity contribution in [2.75, 3.05) is 31.6 Å². The van der Waals surface area contributed by atoms with Crippen LogP contribution >= 0.6 is 0 Å². The number of Topliss-reactive ketones (excluding diaryl/α,β-unsaturated/α-hetero) is 1. The summed E-state index contributed by atoms with van der Waals surface area (Å²) in [5.41, 5.74) is 4.91. The number of ketones is 1. The molecule has 3 heterocycles. The Bertz CT molecular complexity index is 914. The molecule has 2 aliphatic heterocycles. The highest BCUT2D eigenvalue weighted by atomic mass is 16.5. The maximum Gasteiger partial charge on any atom is 0.151 e. The van der Waals surface area contributed by atoms with Gasteiger partial charge in [-0.05, 0) is 74.6 Å². The van der Waals surface area contributed by atoms with E-state index in [1.165, 1.54) is 23.2 Å². The predicted molar refractivity (Wildman–Crippen MR) is 129 cm³/mol. The molecule has 4 rings (SSSR count).